The van der Waals surface area contributed by atoms with Crippen LogP contribution in [0.5, 0.6) is 0 Å². The van der Waals surface area contributed by atoms with Gasteiger partial charge in [-0.15, -0.1) is 0 Å². The van der Waals surface area contributed by atoms with Crippen molar-refractivity contribution < 1.29 is 19.4 Å². The number of likely N-dealkylation sites (N-methyl/N-ethyl adjacent to an activating group) is 1. The van der Waals surface area contributed by atoms with E-state index in [0.29, 0.717) is 5.69 Å². The van der Waals surface area contributed by atoms with Crippen molar-refractivity contribution in [3.05, 3.63) is 83.4 Å². The first-order chi connectivity index (χ1) is 14.9. The van der Waals surface area contributed by atoms with Crippen LogP contribution in [0.4, 0.5) is 4.79 Å². The number of hydrogen-bond acceptors (Lipinski definition) is 5. The quantitative estimate of drug-likeness (QED) is 0.675. The zero-order valence-corrected chi connectivity index (χ0v) is 17.6. The maximum atomic E-state index is 13.0. The molecule has 7 nitrogen and oxygen atoms in total. The third-order valence-corrected chi connectivity index (χ3v) is 6.04. The van der Waals surface area contributed by atoms with E-state index in [1.165, 1.54) is 26.4 Å². The Labute approximate surface area is 180 Å². The molecule has 1 N–H and O–H groups in total. The smallest absolute Gasteiger partial charge is 0.410 e. The fourth-order valence-electron chi connectivity index (χ4n) is 4.16. The summed E-state index contributed by atoms with van der Waals surface area (Å²) in [7, 11) is 1.40. The lowest BCUT2D eigenvalue weighted by atomic mass is 9.94. The monoisotopic (exact) mass is 417 g/mol. The number of aryl methyl sites for hydroxylation is 1. The van der Waals surface area contributed by atoms with Gasteiger partial charge in [-0.25, -0.2) is 9.59 Å². The minimum absolute atomic E-state index is 0.104. The first-order valence-electron chi connectivity index (χ1n) is 9.96. The molecule has 158 valence electrons. The van der Waals surface area contributed by atoms with E-state index in [1.54, 1.807) is 6.92 Å². The molecule has 4 rings (SSSR count). The maximum Gasteiger partial charge on any atom is 0.410 e. The van der Waals surface area contributed by atoms with Crippen molar-refractivity contribution in [1.82, 2.24) is 14.9 Å². The van der Waals surface area contributed by atoms with E-state index in [4.69, 9.17) is 4.74 Å². The van der Waals surface area contributed by atoms with Crippen LogP contribution in [-0.4, -0.2) is 45.7 Å². The maximum absolute atomic E-state index is 13.0. The second-order valence-corrected chi connectivity index (χ2v) is 7.73. The van der Waals surface area contributed by atoms with E-state index in [1.807, 2.05) is 36.4 Å². The van der Waals surface area contributed by atoms with Crippen LogP contribution in [0.2, 0.25) is 0 Å². The second-order valence-electron chi connectivity index (χ2n) is 7.73. The number of aliphatic carboxylic acids is 1. The summed E-state index contributed by atoms with van der Waals surface area (Å²) in [4.78, 5) is 34.5. The third kappa shape index (κ3) is 3.32. The molecule has 0 aliphatic heterocycles. The van der Waals surface area contributed by atoms with Crippen LogP contribution in [0.3, 0.4) is 0 Å². The summed E-state index contributed by atoms with van der Waals surface area (Å²) in [5.74, 6) is -1.33. The highest BCUT2D eigenvalue weighted by atomic mass is 16.6. The Morgan fingerprint density at radius 3 is 2.13 bits per heavy atom. The van der Waals surface area contributed by atoms with Gasteiger partial charge in [-0.1, -0.05) is 48.5 Å². The number of rotatable bonds is 5. The topological polar surface area (TPSA) is 92.6 Å². The summed E-state index contributed by atoms with van der Waals surface area (Å²) in [5.41, 5.74) is 3.33. The SMILES string of the molecule is Cc1nccnc1C(C)(C(=O)O)N(C)C(=O)OCC1c2ccccc2-c2ccccc21. The molecule has 0 radical (unpaired) electrons. The molecular weight excluding hydrogens is 394 g/mol. The Kier molecular flexibility index (Phi) is 5.19. The van der Waals surface area contributed by atoms with Crippen molar-refractivity contribution in [3.8, 4) is 11.1 Å². The summed E-state index contributed by atoms with van der Waals surface area (Å²) < 4.78 is 5.63. The summed E-state index contributed by atoms with van der Waals surface area (Å²) >= 11 is 0. The summed E-state index contributed by atoms with van der Waals surface area (Å²) in [6.45, 7) is 3.19. The molecule has 1 amide bonds. The zero-order chi connectivity index (χ0) is 22.2. The fraction of sp³-hybridized carbons (Fsp3) is 0.250. The Morgan fingerprint density at radius 1 is 1.03 bits per heavy atom. The van der Waals surface area contributed by atoms with Crippen LogP contribution in [0.25, 0.3) is 11.1 Å². The normalized spacial score (nSPS) is 14.3. The van der Waals surface area contributed by atoms with Gasteiger partial charge in [-0.05, 0) is 36.1 Å². The van der Waals surface area contributed by atoms with Crippen LogP contribution in [-0.2, 0) is 15.1 Å². The number of ether oxygens (including phenoxy) is 1. The fourth-order valence-corrected chi connectivity index (χ4v) is 4.16. The van der Waals surface area contributed by atoms with Gasteiger partial charge in [0.1, 0.15) is 6.61 Å². The minimum Gasteiger partial charge on any atom is -0.479 e. The molecule has 2 aromatic carbocycles. The van der Waals surface area contributed by atoms with Gasteiger partial charge in [-0.3, -0.25) is 14.9 Å². The number of carbonyl (C=O) groups is 2. The highest BCUT2D eigenvalue weighted by Crippen LogP contribution is 2.44. The first-order valence-corrected chi connectivity index (χ1v) is 9.96. The number of aromatic nitrogens is 2. The Morgan fingerprint density at radius 2 is 1.58 bits per heavy atom. The van der Waals surface area contributed by atoms with Crippen molar-refractivity contribution in [2.45, 2.75) is 25.3 Å². The highest BCUT2D eigenvalue weighted by Gasteiger charge is 2.46. The molecule has 7 heteroatoms. The van der Waals surface area contributed by atoms with Crippen molar-refractivity contribution in [2.24, 2.45) is 0 Å². The molecule has 0 spiro atoms. The zero-order valence-electron chi connectivity index (χ0n) is 17.6. The number of carbonyl (C=O) groups excluding carboxylic acids is 1. The van der Waals surface area contributed by atoms with Gasteiger partial charge >= 0.3 is 12.1 Å². The Bertz CT molecular complexity index is 1120. The van der Waals surface area contributed by atoms with E-state index < -0.39 is 17.6 Å². The standard InChI is InChI=1S/C24H23N3O4/c1-15-21(26-13-12-25-15)24(2,22(28)29)27(3)23(30)31-14-20-18-10-6-4-8-16(18)17-9-5-7-11-19(17)20/h4-13,20H,14H2,1-3H3,(H,28,29). The second kappa shape index (κ2) is 7.83. The molecule has 0 fully saturated rings. The molecule has 1 aromatic heterocycles. The van der Waals surface area contributed by atoms with Crippen molar-refractivity contribution in [2.75, 3.05) is 13.7 Å². The van der Waals surface area contributed by atoms with Gasteiger partial charge in [0.25, 0.3) is 0 Å². The lowest BCUT2D eigenvalue weighted by Crippen LogP contribution is -2.52. The van der Waals surface area contributed by atoms with Gasteiger partial charge in [0.05, 0.1) is 11.4 Å². The molecule has 3 aromatic rings. The average molecular weight is 417 g/mol. The van der Waals surface area contributed by atoms with Gasteiger partial charge in [0.15, 0.2) is 5.54 Å². The molecule has 0 bridgehead atoms. The molecule has 1 aliphatic carbocycles. The number of benzene rings is 2. The molecule has 0 saturated carbocycles. The highest BCUT2D eigenvalue weighted by molar-refractivity contribution is 5.85. The van der Waals surface area contributed by atoms with Gasteiger partial charge in [0.2, 0.25) is 0 Å². The van der Waals surface area contributed by atoms with Crippen molar-refractivity contribution in [3.63, 3.8) is 0 Å². The lowest BCUT2D eigenvalue weighted by Gasteiger charge is -2.34. The van der Waals surface area contributed by atoms with E-state index in [0.717, 1.165) is 27.2 Å². The molecule has 1 aliphatic rings. The Hall–Kier alpha value is -3.74. The largest absolute Gasteiger partial charge is 0.479 e. The molecular formula is C24H23N3O4. The van der Waals surface area contributed by atoms with E-state index in [9.17, 15) is 14.7 Å². The van der Waals surface area contributed by atoms with Crippen molar-refractivity contribution in [1.29, 1.82) is 0 Å². The number of nitrogens with zero attached hydrogens (tertiary/aromatic N) is 3. The first kappa shape index (κ1) is 20.5. The van der Waals surface area contributed by atoms with Gasteiger partial charge in [0, 0.05) is 25.4 Å². The predicted octanol–water partition coefficient (Wildman–Crippen LogP) is 3.97. The number of hydrogen-bond donors (Lipinski definition) is 1. The van der Waals surface area contributed by atoms with E-state index >= 15 is 0 Å². The van der Waals surface area contributed by atoms with Crippen LogP contribution in [0.1, 0.15) is 35.4 Å². The number of carboxylic acid groups (broad SMARTS) is 1. The average Bonchev–Trinajstić information content (AvgIpc) is 3.10. The molecule has 0 saturated heterocycles. The molecule has 1 heterocycles. The number of carboxylic acids is 1. The third-order valence-electron chi connectivity index (χ3n) is 6.04. The summed E-state index contributed by atoms with van der Waals surface area (Å²) in [5, 5.41) is 9.95. The number of fused-ring (bicyclic) bond motifs is 3. The summed E-state index contributed by atoms with van der Waals surface area (Å²) in [6.07, 6.45) is 2.15. The molecule has 1 unspecified atom stereocenters. The van der Waals surface area contributed by atoms with Crippen LogP contribution in [0.15, 0.2) is 60.9 Å². The minimum atomic E-state index is -1.72. The Balaban J connectivity index is 1.59. The van der Waals surface area contributed by atoms with Gasteiger partial charge < -0.3 is 9.84 Å². The van der Waals surface area contributed by atoms with Crippen LogP contribution < -0.4 is 0 Å². The number of amides is 1. The molecule has 31 heavy (non-hydrogen) atoms. The predicted molar refractivity (Wildman–Crippen MR) is 115 cm³/mol. The summed E-state index contributed by atoms with van der Waals surface area (Å²) in [6, 6.07) is 16.1. The van der Waals surface area contributed by atoms with Gasteiger partial charge in [-0.2, -0.15) is 0 Å². The van der Waals surface area contributed by atoms with Crippen LogP contribution in [0, 0.1) is 6.92 Å². The molecule has 1 atom stereocenters. The van der Waals surface area contributed by atoms with E-state index in [-0.39, 0.29) is 18.2 Å². The van der Waals surface area contributed by atoms with Crippen LogP contribution >= 0.6 is 0 Å². The lowest BCUT2D eigenvalue weighted by molar-refractivity contribution is -0.149. The van der Waals surface area contributed by atoms with E-state index in [2.05, 4.69) is 22.1 Å². The van der Waals surface area contributed by atoms with Crippen molar-refractivity contribution >= 4 is 12.1 Å².